The molecule has 4 rings (SSSR count). The van der Waals surface area contributed by atoms with E-state index in [2.05, 4.69) is 23.8 Å². The number of rotatable bonds is 4. The fourth-order valence-corrected chi connectivity index (χ4v) is 4.59. The Morgan fingerprint density at radius 3 is 2.60 bits per heavy atom. The molecular formula is C19H26N4O2. The van der Waals surface area contributed by atoms with Gasteiger partial charge in [0.25, 0.3) is 5.91 Å². The average molecular weight is 342 g/mol. The minimum absolute atomic E-state index is 0.275. The Morgan fingerprint density at radius 1 is 1.28 bits per heavy atom. The lowest BCUT2D eigenvalue weighted by atomic mass is 9.88. The number of nitrogens with zero attached hydrogens (tertiary/aromatic N) is 3. The van der Waals surface area contributed by atoms with Crippen LogP contribution < -0.4 is 5.73 Å². The van der Waals surface area contributed by atoms with Gasteiger partial charge in [-0.25, -0.2) is 0 Å². The Bertz CT molecular complexity index is 773. The van der Waals surface area contributed by atoms with Gasteiger partial charge in [0.05, 0.1) is 24.8 Å². The van der Waals surface area contributed by atoms with E-state index in [0.29, 0.717) is 23.8 Å². The van der Waals surface area contributed by atoms with Gasteiger partial charge in [0.1, 0.15) is 0 Å². The van der Waals surface area contributed by atoms with E-state index in [1.165, 1.54) is 0 Å². The van der Waals surface area contributed by atoms with Gasteiger partial charge >= 0.3 is 0 Å². The summed E-state index contributed by atoms with van der Waals surface area (Å²) in [7, 11) is 0. The lowest BCUT2D eigenvalue weighted by molar-refractivity contribution is -0.103. The van der Waals surface area contributed by atoms with E-state index in [-0.39, 0.29) is 6.04 Å². The number of ether oxygens (including phenoxy) is 1. The first-order valence-corrected chi connectivity index (χ1v) is 9.22. The molecule has 2 aliphatic heterocycles. The van der Waals surface area contributed by atoms with Crippen LogP contribution in [0.2, 0.25) is 0 Å². The number of hydrogen-bond acceptors (Lipinski definition) is 4. The molecule has 6 heteroatoms. The molecule has 2 saturated heterocycles. The average Bonchev–Trinajstić information content (AvgIpc) is 3.00. The van der Waals surface area contributed by atoms with Gasteiger partial charge in [-0.15, -0.1) is 0 Å². The van der Waals surface area contributed by atoms with Crippen LogP contribution in [0.25, 0.3) is 10.9 Å². The van der Waals surface area contributed by atoms with Gasteiger partial charge in [-0.2, -0.15) is 5.10 Å². The van der Waals surface area contributed by atoms with Gasteiger partial charge in [0, 0.05) is 23.5 Å². The zero-order valence-electron chi connectivity index (χ0n) is 14.9. The highest BCUT2D eigenvalue weighted by Crippen LogP contribution is 2.37. The zero-order valence-corrected chi connectivity index (χ0v) is 14.9. The summed E-state index contributed by atoms with van der Waals surface area (Å²) in [5.41, 5.74) is 6.93. The minimum Gasteiger partial charge on any atom is -0.378 e. The van der Waals surface area contributed by atoms with Gasteiger partial charge in [-0.1, -0.05) is 25.1 Å². The van der Waals surface area contributed by atoms with Crippen molar-refractivity contribution in [3.8, 4) is 0 Å². The summed E-state index contributed by atoms with van der Waals surface area (Å²) in [4.78, 5) is 14.4. The number of piperidine rings is 1. The number of amides is 1. The molecule has 3 atom stereocenters. The Labute approximate surface area is 147 Å². The first kappa shape index (κ1) is 16.5. The van der Waals surface area contributed by atoms with Crippen LogP contribution in [0.15, 0.2) is 24.3 Å². The standard InChI is InChI=1S/C19H26N4O2/c1-3-12(2)22-14-8-13(9-15(22)11-25-10-14)23-17-7-5-4-6-16(17)18(21-23)19(20)24/h4-7,12-15H,3,8-11H2,1-2H3,(H2,20,24). The van der Waals surface area contributed by atoms with E-state index in [1.807, 2.05) is 28.9 Å². The first-order chi connectivity index (χ1) is 12.1. The van der Waals surface area contributed by atoms with Gasteiger partial charge in [0.15, 0.2) is 5.69 Å². The molecule has 0 spiro atoms. The maximum atomic E-state index is 11.8. The van der Waals surface area contributed by atoms with Gasteiger partial charge in [0.2, 0.25) is 0 Å². The van der Waals surface area contributed by atoms with Crippen LogP contribution >= 0.6 is 0 Å². The molecule has 3 unspecified atom stereocenters. The number of aromatic nitrogens is 2. The summed E-state index contributed by atoms with van der Waals surface area (Å²) in [6.07, 6.45) is 3.13. The second kappa shape index (κ2) is 6.42. The molecule has 3 heterocycles. The maximum Gasteiger partial charge on any atom is 0.269 e. The SMILES string of the molecule is CCC(C)N1C2COCC1CC(n1nc(C(N)=O)c3ccccc31)C2. The molecule has 0 radical (unpaired) electrons. The monoisotopic (exact) mass is 342 g/mol. The number of primary amides is 1. The van der Waals surface area contributed by atoms with Crippen LogP contribution in [0.4, 0.5) is 0 Å². The van der Waals surface area contributed by atoms with Crippen molar-refractivity contribution in [2.75, 3.05) is 13.2 Å². The number of hydrogen-bond donors (Lipinski definition) is 1. The van der Waals surface area contributed by atoms with E-state index in [9.17, 15) is 4.79 Å². The number of benzene rings is 1. The van der Waals surface area contributed by atoms with Gasteiger partial charge in [-0.3, -0.25) is 14.4 Å². The second-order valence-electron chi connectivity index (χ2n) is 7.35. The van der Waals surface area contributed by atoms with E-state index in [4.69, 9.17) is 10.5 Å². The normalized spacial score (nSPS) is 28.2. The molecule has 0 aliphatic carbocycles. The van der Waals surface area contributed by atoms with Crippen LogP contribution in [-0.2, 0) is 4.74 Å². The summed E-state index contributed by atoms with van der Waals surface area (Å²) in [6, 6.07) is 9.53. The third-order valence-corrected chi connectivity index (χ3v) is 5.84. The van der Waals surface area contributed by atoms with Crippen LogP contribution in [0.1, 0.15) is 49.6 Å². The third-order valence-electron chi connectivity index (χ3n) is 5.84. The summed E-state index contributed by atoms with van der Waals surface area (Å²) in [5.74, 6) is -0.462. The quantitative estimate of drug-likeness (QED) is 0.925. The van der Waals surface area contributed by atoms with Crippen molar-refractivity contribution in [3.05, 3.63) is 30.0 Å². The van der Waals surface area contributed by atoms with E-state index >= 15 is 0 Å². The second-order valence-corrected chi connectivity index (χ2v) is 7.35. The topological polar surface area (TPSA) is 73.4 Å². The first-order valence-electron chi connectivity index (χ1n) is 9.22. The lowest BCUT2D eigenvalue weighted by Crippen LogP contribution is -2.59. The third kappa shape index (κ3) is 2.73. The molecule has 1 aromatic carbocycles. The molecule has 6 nitrogen and oxygen atoms in total. The fraction of sp³-hybridized carbons (Fsp3) is 0.579. The number of nitrogens with two attached hydrogens (primary N) is 1. The molecule has 2 aliphatic rings. The Kier molecular flexibility index (Phi) is 4.25. The Morgan fingerprint density at radius 2 is 1.96 bits per heavy atom. The predicted molar refractivity (Wildman–Crippen MR) is 96.5 cm³/mol. The molecule has 1 aromatic heterocycles. The van der Waals surface area contributed by atoms with Crippen LogP contribution in [0.3, 0.4) is 0 Å². The summed E-state index contributed by atoms with van der Waals surface area (Å²) < 4.78 is 7.87. The van der Waals surface area contributed by atoms with Crippen LogP contribution in [0, 0.1) is 0 Å². The Balaban J connectivity index is 1.70. The number of morpholine rings is 1. The number of carbonyl (C=O) groups excluding carboxylic acids is 1. The van der Waals surface area contributed by atoms with Crippen molar-refractivity contribution in [3.63, 3.8) is 0 Å². The molecular weight excluding hydrogens is 316 g/mol. The van der Waals surface area contributed by atoms with E-state index in [1.54, 1.807) is 0 Å². The highest BCUT2D eigenvalue weighted by Gasteiger charge is 2.42. The molecule has 2 fully saturated rings. The highest BCUT2D eigenvalue weighted by molar-refractivity contribution is 6.04. The number of fused-ring (bicyclic) bond motifs is 3. The molecule has 1 amide bonds. The largest absolute Gasteiger partial charge is 0.378 e. The fourth-order valence-electron chi connectivity index (χ4n) is 4.59. The van der Waals surface area contributed by atoms with Crippen LogP contribution in [-0.4, -0.2) is 51.9 Å². The van der Waals surface area contributed by atoms with Gasteiger partial charge < -0.3 is 10.5 Å². The maximum absolute atomic E-state index is 11.8. The molecule has 2 aromatic rings. The van der Waals surface area contributed by atoms with Crippen molar-refractivity contribution in [2.24, 2.45) is 5.73 Å². The van der Waals surface area contributed by atoms with E-state index < -0.39 is 5.91 Å². The molecule has 134 valence electrons. The predicted octanol–water partition coefficient (Wildman–Crippen LogP) is 2.34. The van der Waals surface area contributed by atoms with Crippen molar-refractivity contribution in [1.29, 1.82) is 0 Å². The van der Waals surface area contributed by atoms with Crippen molar-refractivity contribution < 1.29 is 9.53 Å². The zero-order chi connectivity index (χ0) is 17.6. The molecule has 0 saturated carbocycles. The van der Waals surface area contributed by atoms with Crippen LogP contribution in [0.5, 0.6) is 0 Å². The summed E-state index contributed by atoms with van der Waals surface area (Å²) in [6.45, 7) is 6.10. The molecule has 2 bridgehead atoms. The van der Waals surface area contributed by atoms with Crippen molar-refractivity contribution >= 4 is 16.8 Å². The smallest absolute Gasteiger partial charge is 0.269 e. The summed E-state index contributed by atoms with van der Waals surface area (Å²) >= 11 is 0. The highest BCUT2D eigenvalue weighted by atomic mass is 16.5. The number of carbonyl (C=O) groups is 1. The Hall–Kier alpha value is -1.92. The number of para-hydroxylation sites is 1. The molecule has 2 N–H and O–H groups in total. The van der Waals surface area contributed by atoms with Gasteiger partial charge in [-0.05, 0) is 32.3 Å². The summed E-state index contributed by atoms with van der Waals surface area (Å²) in [5, 5.41) is 5.46. The minimum atomic E-state index is -0.462. The van der Waals surface area contributed by atoms with Crippen molar-refractivity contribution in [1.82, 2.24) is 14.7 Å². The molecule has 25 heavy (non-hydrogen) atoms. The van der Waals surface area contributed by atoms with Crippen molar-refractivity contribution in [2.45, 2.75) is 57.3 Å². The van der Waals surface area contributed by atoms with E-state index in [0.717, 1.165) is 43.4 Å². The lowest BCUT2D eigenvalue weighted by Gasteiger charge is -2.51.